The summed E-state index contributed by atoms with van der Waals surface area (Å²) in [6, 6.07) is 12.0. The highest BCUT2D eigenvalue weighted by molar-refractivity contribution is 6.30. The molecule has 0 radical (unpaired) electrons. The minimum Gasteiger partial charge on any atom is -0.496 e. The molecule has 1 atom stereocenters. The first-order chi connectivity index (χ1) is 9.51. The number of benzene rings is 2. The van der Waals surface area contributed by atoms with Crippen molar-refractivity contribution in [2.75, 3.05) is 7.11 Å². The number of hydrogen-bond acceptors (Lipinski definition) is 2. The lowest BCUT2D eigenvalue weighted by molar-refractivity contribution is 0.408. The van der Waals surface area contributed by atoms with Crippen LogP contribution in [0.3, 0.4) is 0 Å². The molecular formula is C17H20ClNO. The Labute approximate surface area is 125 Å². The number of hydrogen-bond donors (Lipinski definition) is 1. The van der Waals surface area contributed by atoms with Crippen LogP contribution in [0.15, 0.2) is 36.4 Å². The molecule has 0 aliphatic heterocycles. The SMILES string of the molecule is COc1c(C)cc(C(N)Cc2cccc(Cl)c2)cc1C. The van der Waals surface area contributed by atoms with Crippen LogP contribution in [0, 0.1) is 13.8 Å². The van der Waals surface area contributed by atoms with E-state index in [1.807, 2.05) is 32.0 Å². The zero-order valence-corrected chi connectivity index (χ0v) is 12.9. The second kappa shape index (κ2) is 6.29. The van der Waals surface area contributed by atoms with Gasteiger partial charge in [0.1, 0.15) is 5.75 Å². The molecule has 0 heterocycles. The van der Waals surface area contributed by atoms with E-state index in [-0.39, 0.29) is 6.04 Å². The molecule has 0 aliphatic rings. The first-order valence-corrected chi connectivity index (χ1v) is 7.04. The molecule has 3 heteroatoms. The molecule has 0 aromatic heterocycles. The largest absolute Gasteiger partial charge is 0.496 e. The zero-order chi connectivity index (χ0) is 14.7. The molecule has 2 N–H and O–H groups in total. The molecule has 0 saturated heterocycles. The van der Waals surface area contributed by atoms with Gasteiger partial charge in [0.15, 0.2) is 0 Å². The Morgan fingerprint density at radius 2 is 1.80 bits per heavy atom. The third-order valence-electron chi connectivity index (χ3n) is 3.46. The molecule has 2 rings (SSSR count). The van der Waals surface area contributed by atoms with Crippen molar-refractivity contribution in [1.82, 2.24) is 0 Å². The van der Waals surface area contributed by atoms with Gasteiger partial charge in [-0.05, 0) is 54.7 Å². The van der Waals surface area contributed by atoms with Crippen LogP contribution < -0.4 is 10.5 Å². The molecule has 20 heavy (non-hydrogen) atoms. The molecule has 0 amide bonds. The van der Waals surface area contributed by atoms with Crippen molar-refractivity contribution >= 4 is 11.6 Å². The Morgan fingerprint density at radius 3 is 2.35 bits per heavy atom. The van der Waals surface area contributed by atoms with E-state index >= 15 is 0 Å². The smallest absolute Gasteiger partial charge is 0.124 e. The zero-order valence-electron chi connectivity index (χ0n) is 12.1. The molecular weight excluding hydrogens is 270 g/mol. The molecule has 2 aromatic rings. The quantitative estimate of drug-likeness (QED) is 0.915. The lowest BCUT2D eigenvalue weighted by atomic mass is 9.96. The maximum absolute atomic E-state index is 6.32. The van der Waals surface area contributed by atoms with E-state index in [1.54, 1.807) is 7.11 Å². The summed E-state index contributed by atoms with van der Waals surface area (Å²) in [7, 11) is 1.70. The van der Waals surface area contributed by atoms with Gasteiger partial charge in [-0.25, -0.2) is 0 Å². The van der Waals surface area contributed by atoms with Crippen LogP contribution in [0.5, 0.6) is 5.75 Å². The third kappa shape index (κ3) is 3.33. The van der Waals surface area contributed by atoms with Crippen LogP contribution >= 0.6 is 11.6 Å². The number of methoxy groups -OCH3 is 1. The van der Waals surface area contributed by atoms with Crippen molar-refractivity contribution in [2.45, 2.75) is 26.3 Å². The van der Waals surface area contributed by atoms with Crippen molar-refractivity contribution in [1.29, 1.82) is 0 Å². The summed E-state index contributed by atoms with van der Waals surface area (Å²) in [6.07, 6.45) is 0.770. The average molecular weight is 290 g/mol. The van der Waals surface area contributed by atoms with E-state index < -0.39 is 0 Å². The van der Waals surface area contributed by atoms with Crippen LogP contribution in [-0.2, 0) is 6.42 Å². The van der Waals surface area contributed by atoms with Gasteiger partial charge in [0.25, 0.3) is 0 Å². The second-order valence-electron chi connectivity index (χ2n) is 5.13. The van der Waals surface area contributed by atoms with Crippen LogP contribution in [0.4, 0.5) is 0 Å². The molecule has 0 fully saturated rings. The average Bonchev–Trinajstić information content (AvgIpc) is 2.38. The summed E-state index contributed by atoms with van der Waals surface area (Å²) >= 11 is 6.01. The predicted octanol–water partition coefficient (Wildman–Crippen LogP) is 4.21. The van der Waals surface area contributed by atoms with Gasteiger partial charge in [0, 0.05) is 11.1 Å². The van der Waals surface area contributed by atoms with Gasteiger partial charge in [-0.2, -0.15) is 0 Å². The van der Waals surface area contributed by atoms with Gasteiger partial charge in [-0.1, -0.05) is 35.9 Å². The number of ether oxygens (including phenoxy) is 1. The van der Waals surface area contributed by atoms with Crippen molar-refractivity contribution in [3.63, 3.8) is 0 Å². The second-order valence-corrected chi connectivity index (χ2v) is 5.56. The van der Waals surface area contributed by atoms with Gasteiger partial charge in [-0.15, -0.1) is 0 Å². The van der Waals surface area contributed by atoms with Crippen molar-refractivity contribution < 1.29 is 4.74 Å². The molecule has 0 bridgehead atoms. The monoisotopic (exact) mass is 289 g/mol. The van der Waals surface area contributed by atoms with E-state index in [0.717, 1.165) is 39.4 Å². The molecule has 0 aliphatic carbocycles. The Bertz CT molecular complexity index is 587. The minimum absolute atomic E-state index is 0.0447. The van der Waals surface area contributed by atoms with Crippen molar-refractivity contribution in [3.8, 4) is 5.75 Å². The Morgan fingerprint density at radius 1 is 1.15 bits per heavy atom. The third-order valence-corrected chi connectivity index (χ3v) is 3.69. The summed E-state index contributed by atoms with van der Waals surface area (Å²) in [6.45, 7) is 4.09. The molecule has 2 nitrogen and oxygen atoms in total. The molecule has 106 valence electrons. The summed E-state index contributed by atoms with van der Waals surface area (Å²) in [5.41, 5.74) is 10.8. The maximum Gasteiger partial charge on any atom is 0.124 e. The van der Waals surface area contributed by atoms with Gasteiger partial charge in [-0.3, -0.25) is 0 Å². The van der Waals surface area contributed by atoms with E-state index in [4.69, 9.17) is 22.1 Å². The highest BCUT2D eigenvalue weighted by Gasteiger charge is 2.12. The van der Waals surface area contributed by atoms with Crippen molar-refractivity contribution in [2.24, 2.45) is 5.73 Å². The normalized spacial score (nSPS) is 12.2. The van der Waals surface area contributed by atoms with Crippen LogP contribution in [0.25, 0.3) is 0 Å². The number of aryl methyl sites for hydroxylation is 2. The Kier molecular flexibility index (Phi) is 4.69. The highest BCUT2D eigenvalue weighted by atomic mass is 35.5. The Hall–Kier alpha value is -1.51. The van der Waals surface area contributed by atoms with Gasteiger partial charge in [0.2, 0.25) is 0 Å². The number of rotatable bonds is 4. The van der Waals surface area contributed by atoms with E-state index in [2.05, 4.69) is 18.2 Å². The number of nitrogens with two attached hydrogens (primary N) is 1. The fourth-order valence-electron chi connectivity index (χ4n) is 2.56. The first kappa shape index (κ1) is 14.9. The molecule has 1 unspecified atom stereocenters. The lowest BCUT2D eigenvalue weighted by Gasteiger charge is -2.16. The molecule has 0 saturated carbocycles. The molecule has 2 aromatic carbocycles. The van der Waals surface area contributed by atoms with Crippen LogP contribution in [0.1, 0.15) is 28.3 Å². The van der Waals surface area contributed by atoms with E-state index in [1.165, 1.54) is 0 Å². The summed E-state index contributed by atoms with van der Waals surface area (Å²) in [5, 5.41) is 0.747. The highest BCUT2D eigenvalue weighted by Crippen LogP contribution is 2.28. The lowest BCUT2D eigenvalue weighted by Crippen LogP contribution is -2.14. The van der Waals surface area contributed by atoms with E-state index in [9.17, 15) is 0 Å². The first-order valence-electron chi connectivity index (χ1n) is 6.66. The minimum atomic E-state index is -0.0447. The Balaban J connectivity index is 2.23. The fraction of sp³-hybridized carbons (Fsp3) is 0.294. The van der Waals surface area contributed by atoms with Crippen LogP contribution in [0.2, 0.25) is 5.02 Å². The maximum atomic E-state index is 6.32. The van der Waals surface area contributed by atoms with Gasteiger partial charge < -0.3 is 10.5 Å². The van der Waals surface area contributed by atoms with Gasteiger partial charge in [0.05, 0.1) is 7.11 Å². The molecule has 0 spiro atoms. The summed E-state index contributed by atoms with van der Waals surface area (Å²) < 4.78 is 5.39. The summed E-state index contributed by atoms with van der Waals surface area (Å²) in [5.74, 6) is 0.934. The fourth-order valence-corrected chi connectivity index (χ4v) is 2.77. The predicted molar refractivity (Wildman–Crippen MR) is 84.6 cm³/mol. The van der Waals surface area contributed by atoms with Crippen LogP contribution in [-0.4, -0.2) is 7.11 Å². The topological polar surface area (TPSA) is 35.2 Å². The number of halogens is 1. The van der Waals surface area contributed by atoms with Gasteiger partial charge >= 0.3 is 0 Å². The summed E-state index contributed by atoms with van der Waals surface area (Å²) in [4.78, 5) is 0. The van der Waals surface area contributed by atoms with E-state index in [0.29, 0.717) is 0 Å². The van der Waals surface area contributed by atoms with Crippen molar-refractivity contribution in [3.05, 3.63) is 63.7 Å². The standard InChI is InChI=1S/C17H20ClNO/c1-11-7-14(8-12(2)17(11)20-3)16(19)10-13-5-4-6-15(18)9-13/h4-9,16H,10,19H2,1-3H3.